The zero-order valence-electron chi connectivity index (χ0n) is 10.3. The van der Waals surface area contributed by atoms with E-state index in [1.807, 2.05) is 13.8 Å². The maximum atomic E-state index is 5.43. The molecule has 0 aromatic carbocycles. The standard InChI is InChI=1S/C11H25NO3/c1-4-7-12-8-9-13-10-11(14-5-2)15-6-3/h11-12H,4-10H2,1-3H3. The van der Waals surface area contributed by atoms with Crippen molar-refractivity contribution in [2.24, 2.45) is 0 Å². The minimum Gasteiger partial charge on any atom is -0.375 e. The first-order chi connectivity index (χ1) is 7.35. The monoisotopic (exact) mass is 219 g/mol. The van der Waals surface area contributed by atoms with Crippen LogP contribution < -0.4 is 5.32 Å². The number of hydrogen-bond acceptors (Lipinski definition) is 4. The smallest absolute Gasteiger partial charge is 0.180 e. The van der Waals surface area contributed by atoms with Crippen LogP contribution in [0.3, 0.4) is 0 Å². The van der Waals surface area contributed by atoms with Gasteiger partial charge >= 0.3 is 0 Å². The molecule has 0 aromatic heterocycles. The van der Waals surface area contributed by atoms with Gasteiger partial charge in [0.05, 0.1) is 13.2 Å². The van der Waals surface area contributed by atoms with Crippen LogP contribution in [0, 0.1) is 0 Å². The Bertz CT molecular complexity index is 116. The molecule has 0 fully saturated rings. The second kappa shape index (κ2) is 11.9. The van der Waals surface area contributed by atoms with Gasteiger partial charge < -0.3 is 19.5 Å². The van der Waals surface area contributed by atoms with Gasteiger partial charge in [0, 0.05) is 19.8 Å². The van der Waals surface area contributed by atoms with E-state index in [0.29, 0.717) is 26.4 Å². The van der Waals surface area contributed by atoms with Gasteiger partial charge in [-0.25, -0.2) is 0 Å². The lowest BCUT2D eigenvalue weighted by molar-refractivity contribution is -0.166. The first-order valence-electron chi connectivity index (χ1n) is 5.86. The Hall–Kier alpha value is -0.160. The number of ether oxygens (including phenoxy) is 3. The third kappa shape index (κ3) is 10.1. The molecule has 0 saturated heterocycles. The second-order valence-electron chi connectivity index (χ2n) is 3.17. The first kappa shape index (κ1) is 14.8. The van der Waals surface area contributed by atoms with Gasteiger partial charge in [-0.2, -0.15) is 0 Å². The highest BCUT2D eigenvalue weighted by atomic mass is 16.7. The molecule has 0 aliphatic heterocycles. The summed E-state index contributed by atoms with van der Waals surface area (Å²) in [5, 5.41) is 3.27. The van der Waals surface area contributed by atoms with Gasteiger partial charge in [-0.1, -0.05) is 6.92 Å². The molecule has 0 aliphatic carbocycles. The number of rotatable bonds is 11. The summed E-state index contributed by atoms with van der Waals surface area (Å²) in [5.74, 6) is 0. The molecule has 4 heteroatoms. The molecule has 0 amide bonds. The van der Waals surface area contributed by atoms with Crippen LogP contribution in [0.5, 0.6) is 0 Å². The largest absolute Gasteiger partial charge is 0.375 e. The summed E-state index contributed by atoms with van der Waals surface area (Å²) >= 11 is 0. The van der Waals surface area contributed by atoms with E-state index in [1.54, 1.807) is 0 Å². The summed E-state index contributed by atoms with van der Waals surface area (Å²) < 4.78 is 16.1. The highest BCUT2D eigenvalue weighted by Crippen LogP contribution is 1.95. The SMILES string of the molecule is CCCNCCOCC(OCC)OCC. The van der Waals surface area contributed by atoms with Crippen molar-refractivity contribution in [1.82, 2.24) is 5.32 Å². The molecule has 0 radical (unpaired) electrons. The zero-order valence-corrected chi connectivity index (χ0v) is 10.3. The minimum absolute atomic E-state index is 0.217. The Labute approximate surface area is 93.3 Å². The molecule has 0 aromatic rings. The molecule has 0 atom stereocenters. The molecule has 0 bridgehead atoms. The van der Waals surface area contributed by atoms with Gasteiger partial charge in [0.1, 0.15) is 0 Å². The van der Waals surface area contributed by atoms with E-state index < -0.39 is 0 Å². The predicted molar refractivity (Wildman–Crippen MR) is 61.0 cm³/mol. The summed E-state index contributed by atoms with van der Waals surface area (Å²) in [4.78, 5) is 0. The quantitative estimate of drug-likeness (QED) is 0.421. The maximum Gasteiger partial charge on any atom is 0.180 e. The van der Waals surface area contributed by atoms with Crippen LogP contribution in [-0.2, 0) is 14.2 Å². The van der Waals surface area contributed by atoms with Crippen molar-refractivity contribution in [1.29, 1.82) is 0 Å². The van der Waals surface area contributed by atoms with Crippen molar-refractivity contribution in [3.8, 4) is 0 Å². The normalized spacial score (nSPS) is 11.2. The van der Waals surface area contributed by atoms with Crippen LogP contribution in [-0.4, -0.2) is 45.8 Å². The van der Waals surface area contributed by atoms with Crippen LogP contribution in [0.2, 0.25) is 0 Å². The van der Waals surface area contributed by atoms with Crippen LogP contribution in [0.25, 0.3) is 0 Å². The summed E-state index contributed by atoms with van der Waals surface area (Å²) in [7, 11) is 0. The molecule has 0 unspecified atom stereocenters. The molecule has 0 saturated carbocycles. The van der Waals surface area contributed by atoms with E-state index in [1.165, 1.54) is 0 Å². The summed E-state index contributed by atoms with van der Waals surface area (Å²) in [6, 6.07) is 0. The van der Waals surface area contributed by atoms with E-state index in [4.69, 9.17) is 14.2 Å². The van der Waals surface area contributed by atoms with Crippen LogP contribution >= 0.6 is 0 Å². The first-order valence-corrected chi connectivity index (χ1v) is 5.86. The third-order valence-electron chi connectivity index (χ3n) is 1.81. The lowest BCUT2D eigenvalue weighted by Crippen LogP contribution is -2.26. The van der Waals surface area contributed by atoms with Gasteiger partial charge in [0.15, 0.2) is 6.29 Å². The van der Waals surface area contributed by atoms with Gasteiger partial charge in [0.25, 0.3) is 0 Å². The maximum absolute atomic E-state index is 5.43. The number of nitrogens with one attached hydrogen (secondary N) is 1. The average molecular weight is 219 g/mol. The molecule has 4 nitrogen and oxygen atoms in total. The third-order valence-corrected chi connectivity index (χ3v) is 1.81. The molecule has 0 heterocycles. The fraction of sp³-hybridized carbons (Fsp3) is 1.00. The number of hydrogen-bond donors (Lipinski definition) is 1. The highest BCUT2D eigenvalue weighted by molar-refractivity contribution is 4.46. The Kier molecular flexibility index (Phi) is 11.8. The van der Waals surface area contributed by atoms with Crippen molar-refractivity contribution >= 4 is 0 Å². The highest BCUT2D eigenvalue weighted by Gasteiger charge is 2.06. The second-order valence-corrected chi connectivity index (χ2v) is 3.17. The topological polar surface area (TPSA) is 39.7 Å². The van der Waals surface area contributed by atoms with Crippen molar-refractivity contribution in [2.45, 2.75) is 33.5 Å². The fourth-order valence-electron chi connectivity index (χ4n) is 1.14. The van der Waals surface area contributed by atoms with E-state index in [0.717, 1.165) is 19.5 Å². The van der Waals surface area contributed by atoms with Gasteiger partial charge in [-0.05, 0) is 26.8 Å². The van der Waals surface area contributed by atoms with Crippen LogP contribution in [0.15, 0.2) is 0 Å². The average Bonchev–Trinajstić information content (AvgIpc) is 2.24. The van der Waals surface area contributed by atoms with E-state index in [2.05, 4.69) is 12.2 Å². The van der Waals surface area contributed by atoms with Crippen LogP contribution in [0.4, 0.5) is 0 Å². The molecule has 0 spiro atoms. The summed E-state index contributed by atoms with van der Waals surface area (Å²) in [6.45, 7) is 10.5. The minimum atomic E-state index is -0.217. The van der Waals surface area contributed by atoms with Gasteiger partial charge in [-0.3, -0.25) is 0 Å². The van der Waals surface area contributed by atoms with Crippen molar-refractivity contribution in [2.75, 3.05) is 39.5 Å². The summed E-state index contributed by atoms with van der Waals surface area (Å²) in [6.07, 6.45) is 0.937. The molecule has 0 rings (SSSR count). The Morgan fingerprint density at radius 3 is 2.20 bits per heavy atom. The lowest BCUT2D eigenvalue weighted by atomic mass is 10.5. The molecule has 92 valence electrons. The zero-order chi connectivity index (χ0) is 11.4. The van der Waals surface area contributed by atoms with Gasteiger partial charge in [0.2, 0.25) is 0 Å². The van der Waals surface area contributed by atoms with E-state index >= 15 is 0 Å². The van der Waals surface area contributed by atoms with E-state index in [9.17, 15) is 0 Å². The Morgan fingerprint density at radius 2 is 1.67 bits per heavy atom. The van der Waals surface area contributed by atoms with Crippen molar-refractivity contribution in [3.63, 3.8) is 0 Å². The summed E-state index contributed by atoms with van der Waals surface area (Å²) in [5.41, 5.74) is 0. The fourth-order valence-corrected chi connectivity index (χ4v) is 1.14. The van der Waals surface area contributed by atoms with Gasteiger partial charge in [-0.15, -0.1) is 0 Å². The molecular formula is C11H25NO3. The van der Waals surface area contributed by atoms with E-state index in [-0.39, 0.29) is 6.29 Å². The predicted octanol–water partition coefficient (Wildman–Crippen LogP) is 1.40. The molecule has 1 N–H and O–H groups in total. The van der Waals surface area contributed by atoms with Crippen molar-refractivity contribution in [3.05, 3.63) is 0 Å². The molecular weight excluding hydrogens is 194 g/mol. The lowest BCUT2D eigenvalue weighted by Gasteiger charge is -2.16. The Balaban J connectivity index is 3.28. The molecule has 0 aliphatic rings. The Morgan fingerprint density at radius 1 is 1.00 bits per heavy atom. The molecule has 15 heavy (non-hydrogen) atoms. The van der Waals surface area contributed by atoms with Crippen molar-refractivity contribution < 1.29 is 14.2 Å². The van der Waals surface area contributed by atoms with Crippen LogP contribution in [0.1, 0.15) is 27.2 Å².